The van der Waals surface area contributed by atoms with Crippen molar-refractivity contribution in [2.45, 2.75) is 64.7 Å². The lowest BCUT2D eigenvalue weighted by molar-refractivity contribution is 0.0156. The van der Waals surface area contributed by atoms with E-state index in [0.29, 0.717) is 13.2 Å². The molecule has 0 spiro atoms. The third-order valence-corrected chi connectivity index (χ3v) is 6.34. The van der Waals surface area contributed by atoms with Crippen LogP contribution < -0.4 is 4.74 Å². The summed E-state index contributed by atoms with van der Waals surface area (Å²) < 4.78 is 11.7. The molecule has 178 valence electrons. The molecule has 1 aliphatic rings. The fourth-order valence-corrected chi connectivity index (χ4v) is 4.77. The van der Waals surface area contributed by atoms with E-state index < -0.39 is 5.60 Å². The first kappa shape index (κ1) is 23.9. The molecule has 0 fully saturated rings. The molecule has 1 amide bonds. The Hall–Kier alpha value is -3.27. The summed E-state index contributed by atoms with van der Waals surface area (Å²) >= 11 is 0. The fraction of sp³-hybridized carbons (Fsp3) is 0.367. The zero-order chi connectivity index (χ0) is 24.1. The number of carbonyl (C=O) groups excluding carboxylic acids is 1. The molecule has 0 aliphatic heterocycles. The van der Waals surface area contributed by atoms with Crippen molar-refractivity contribution in [3.8, 4) is 5.75 Å². The third-order valence-electron chi connectivity index (χ3n) is 6.34. The number of hydrogen-bond donors (Lipinski definition) is 0. The van der Waals surface area contributed by atoms with Crippen LogP contribution in [0.15, 0.2) is 78.9 Å². The van der Waals surface area contributed by atoms with Gasteiger partial charge in [-0.05, 0) is 74.9 Å². The van der Waals surface area contributed by atoms with E-state index in [2.05, 4.69) is 48.5 Å². The third kappa shape index (κ3) is 5.80. The molecule has 0 saturated heterocycles. The maximum Gasteiger partial charge on any atom is 0.410 e. The number of benzene rings is 3. The molecule has 4 nitrogen and oxygen atoms in total. The summed E-state index contributed by atoms with van der Waals surface area (Å²) in [5.41, 5.74) is 4.53. The topological polar surface area (TPSA) is 38.8 Å². The second kappa shape index (κ2) is 10.3. The molecule has 2 atom stereocenters. The first-order valence-electron chi connectivity index (χ1n) is 12.2. The van der Waals surface area contributed by atoms with Crippen LogP contribution in [0.5, 0.6) is 5.75 Å². The SMILES string of the molecule is CCN(C(=O)OC(C)(C)C)C1Cc2ccccc2C1Cc1ccc(OCc2ccccc2)cc1. The molecule has 1 aliphatic carbocycles. The average molecular weight is 458 g/mol. The molecule has 0 aromatic heterocycles. The van der Waals surface area contributed by atoms with Gasteiger partial charge in [0.25, 0.3) is 0 Å². The summed E-state index contributed by atoms with van der Waals surface area (Å²) in [5.74, 6) is 1.08. The minimum atomic E-state index is -0.513. The Morgan fingerprint density at radius 3 is 2.26 bits per heavy atom. The van der Waals surface area contributed by atoms with E-state index >= 15 is 0 Å². The van der Waals surface area contributed by atoms with Gasteiger partial charge in [-0.3, -0.25) is 0 Å². The number of hydrogen-bond acceptors (Lipinski definition) is 3. The molecular formula is C30H35NO3. The van der Waals surface area contributed by atoms with Crippen LogP contribution in [-0.4, -0.2) is 29.2 Å². The number of likely N-dealkylation sites (N-methyl/N-ethyl adjacent to an activating group) is 1. The van der Waals surface area contributed by atoms with Crippen molar-refractivity contribution in [1.82, 2.24) is 4.90 Å². The lowest BCUT2D eigenvalue weighted by Gasteiger charge is -2.34. The van der Waals surface area contributed by atoms with Gasteiger partial charge in [-0.1, -0.05) is 66.7 Å². The van der Waals surface area contributed by atoms with Crippen LogP contribution in [0.1, 0.15) is 55.9 Å². The smallest absolute Gasteiger partial charge is 0.410 e. The zero-order valence-corrected chi connectivity index (χ0v) is 20.7. The van der Waals surface area contributed by atoms with Crippen molar-refractivity contribution < 1.29 is 14.3 Å². The lowest BCUT2D eigenvalue weighted by Crippen LogP contribution is -2.45. The standard InChI is InChI=1S/C30H35NO3/c1-5-31(29(32)34-30(2,3)4)28-20-24-13-9-10-14-26(24)27(28)19-22-15-17-25(18-16-22)33-21-23-11-7-6-8-12-23/h6-18,27-28H,5,19-21H2,1-4H3. The van der Waals surface area contributed by atoms with Gasteiger partial charge in [0.15, 0.2) is 0 Å². The zero-order valence-electron chi connectivity index (χ0n) is 20.7. The van der Waals surface area contributed by atoms with Crippen LogP contribution in [0.2, 0.25) is 0 Å². The summed E-state index contributed by atoms with van der Waals surface area (Å²) in [7, 11) is 0. The Labute approximate surface area is 203 Å². The maximum absolute atomic E-state index is 13.0. The van der Waals surface area contributed by atoms with Gasteiger partial charge in [-0.25, -0.2) is 4.79 Å². The molecule has 0 N–H and O–H groups in total. The van der Waals surface area contributed by atoms with Gasteiger partial charge in [0.1, 0.15) is 18.0 Å². The van der Waals surface area contributed by atoms with Crippen LogP contribution in [0.4, 0.5) is 4.79 Å². The Kier molecular flexibility index (Phi) is 7.26. The van der Waals surface area contributed by atoms with Crippen molar-refractivity contribution in [2.24, 2.45) is 0 Å². The Balaban J connectivity index is 1.50. The van der Waals surface area contributed by atoms with Gasteiger partial charge in [-0.2, -0.15) is 0 Å². The van der Waals surface area contributed by atoms with Gasteiger partial charge in [0, 0.05) is 18.5 Å². The number of carbonyl (C=O) groups is 1. The van der Waals surface area contributed by atoms with Crippen LogP contribution in [-0.2, 0) is 24.2 Å². The van der Waals surface area contributed by atoms with Gasteiger partial charge in [0.2, 0.25) is 0 Å². The average Bonchev–Trinajstić information content (AvgIpc) is 3.16. The molecule has 0 heterocycles. The molecule has 4 rings (SSSR count). The number of amides is 1. The van der Waals surface area contributed by atoms with E-state index in [1.165, 1.54) is 16.7 Å². The maximum atomic E-state index is 13.0. The molecule has 3 aromatic carbocycles. The van der Waals surface area contributed by atoms with Gasteiger partial charge in [-0.15, -0.1) is 0 Å². The molecule has 0 bridgehead atoms. The number of fused-ring (bicyclic) bond motifs is 1. The Morgan fingerprint density at radius 2 is 1.59 bits per heavy atom. The summed E-state index contributed by atoms with van der Waals surface area (Å²) in [6.45, 7) is 8.96. The van der Waals surface area contributed by atoms with Gasteiger partial charge in [0.05, 0.1) is 0 Å². The highest BCUT2D eigenvalue weighted by Crippen LogP contribution is 2.39. The van der Waals surface area contributed by atoms with Crippen molar-refractivity contribution in [3.05, 3.63) is 101 Å². The van der Waals surface area contributed by atoms with Crippen molar-refractivity contribution in [3.63, 3.8) is 0 Å². The van der Waals surface area contributed by atoms with Crippen LogP contribution >= 0.6 is 0 Å². The molecule has 4 heteroatoms. The number of nitrogens with zero attached hydrogens (tertiary/aromatic N) is 1. The predicted molar refractivity (Wildman–Crippen MR) is 136 cm³/mol. The van der Waals surface area contributed by atoms with Crippen LogP contribution in [0.25, 0.3) is 0 Å². The number of rotatable bonds is 7. The van der Waals surface area contributed by atoms with Crippen LogP contribution in [0.3, 0.4) is 0 Å². The number of ether oxygens (including phenoxy) is 2. The predicted octanol–water partition coefficient (Wildman–Crippen LogP) is 6.77. The molecule has 0 radical (unpaired) electrons. The normalized spacial score (nSPS) is 17.2. The monoisotopic (exact) mass is 457 g/mol. The summed E-state index contributed by atoms with van der Waals surface area (Å²) in [4.78, 5) is 15.0. The van der Waals surface area contributed by atoms with E-state index in [0.717, 1.165) is 24.2 Å². The second-order valence-electron chi connectivity index (χ2n) is 9.97. The van der Waals surface area contributed by atoms with Crippen molar-refractivity contribution in [1.29, 1.82) is 0 Å². The van der Waals surface area contributed by atoms with E-state index in [-0.39, 0.29) is 18.1 Å². The van der Waals surface area contributed by atoms with Crippen LogP contribution in [0, 0.1) is 0 Å². The summed E-state index contributed by atoms with van der Waals surface area (Å²) in [6, 6.07) is 27.2. The molecule has 0 saturated carbocycles. The van der Waals surface area contributed by atoms with E-state index in [9.17, 15) is 4.79 Å². The van der Waals surface area contributed by atoms with Crippen molar-refractivity contribution >= 4 is 6.09 Å². The summed E-state index contributed by atoms with van der Waals surface area (Å²) in [6.07, 6.45) is 1.48. The minimum absolute atomic E-state index is 0.0752. The fourth-order valence-electron chi connectivity index (χ4n) is 4.77. The highest BCUT2D eigenvalue weighted by molar-refractivity contribution is 5.69. The largest absolute Gasteiger partial charge is 0.489 e. The highest BCUT2D eigenvalue weighted by Gasteiger charge is 2.39. The highest BCUT2D eigenvalue weighted by atomic mass is 16.6. The summed E-state index contributed by atoms with van der Waals surface area (Å²) in [5, 5.41) is 0. The van der Waals surface area contributed by atoms with Gasteiger partial charge < -0.3 is 14.4 Å². The van der Waals surface area contributed by atoms with E-state index in [1.807, 2.05) is 62.9 Å². The Bertz CT molecular complexity index is 1090. The quantitative estimate of drug-likeness (QED) is 0.393. The Morgan fingerprint density at radius 1 is 0.912 bits per heavy atom. The van der Waals surface area contributed by atoms with Crippen molar-refractivity contribution in [2.75, 3.05) is 6.54 Å². The molecule has 3 aromatic rings. The molecular weight excluding hydrogens is 422 g/mol. The lowest BCUT2D eigenvalue weighted by atomic mass is 9.90. The van der Waals surface area contributed by atoms with E-state index in [4.69, 9.17) is 9.47 Å². The molecule has 2 unspecified atom stereocenters. The van der Waals surface area contributed by atoms with E-state index in [1.54, 1.807) is 0 Å². The minimum Gasteiger partial charge on any atom is -0.489 e. The first-order valence-corrected chi connectivity index (χ1v) is 12.2. The van der Waals surface area contributed by atoms with Gasteiger partial charge >= 0.3 is 6.09 Å². The first-order chi connectivity index (χ1) is 16.3. The second-order valence-corrected chi connectivity index (χ2v) is 9.97. The molecule has 34 heavy (non-hydrogen) atoms.